The molecule has 2 saturated heterocycles. The second-order valence-electron chi connectivity index (χ2n) is 7.40. The zero-order valence-electron chi connectivity index (χ0n) is 14.9. The number of carbonyl (C=O) groups excluding carboxylic acids is 1. The summed E-state index contributed by atoms with van der Waals surface area (Å²) < 4.78 is 2.00. The standard InChI is InChI=1S/C19H25N5O/c1-14(2)24-13-16(10-21-24)11-22-7-5-17-18(22)8-19(25)23(17)12-15-4-3-6-20-9-15/h3-4,6,9-10,13-14,17-18H,5,7-8,11-12H2,1-2H3/t17-,18-/m0/s1. The van der Waals surface area contributed by atoms with Crippen molar-refractivity contribution in [1.82, 2.24) is 24.6 Å². The first-order valence-electron chi connectivity index (χ1n) is 9.07. The number of nitrogens with zero attached hydrogens (tertiary/aromatic N) is 5. The van der Waals surface area contributed by atoms with Crippen molar-refractivity contribution in [3.63, 3.8) is 0 Å². The molecule has 4 heterocycles. The van der Waals surface area contributed by atoms with Crippen LogP contribution in [0.4, 0.5) is 0 Å². The van der Waals surface area contributed by atoms with Gasteiger partial charge in [-0.05, 0) is 31.9 Å². The quantitative estimate of drug-likeness (QED) is 0.838. The fourth-order valence-electron chi connectivity index (χ4n) is 4.08. The summed E-state index contributed by atoms with van der Waals surface area (Å²) >= 11 is 0. The molecule has 0 saturated carbocycles. The Labute approximate surface area is 148 Å². The highest BCUT2D eigenvalue weighted by Crippen LogP contribution is 2.34. The Morgan fingerprint density at radius 2 is 2.08 bits per heavy atom. The molecule has 1 amide bonds. The molecule has 2 aromatic rings. The molecular weight excluding hydrogens is 314 g/mol. The first kappa shape index (κ1) is 16.3. The maximum atomic E-state index is 12.5. The Balaban J connectivity index is 1.44. The molecule has 2 aromatic heterocycles. The molecule has 6 nitrogen and oxygen atoms in total. The summed E-state index contributed by atoms with van der Waals surface area (Å²) in [6.07, 6.45) is 9.39. The predicted octanol–water partition coefficient (Wildman–Crippen LogP) is 2.23. The van der Waals surface area contributed by atoms with Gasteiger partial charge in [0.25, 0.3) is 0 Å². The minimum atomic E-state index is 0.265. The molecule has 0 aliphatic carbocycles. The van der Waals surface area contributed by atoms with Gasteiger partial charge in [0.05, 0.1) is 6.20 Å². The van der Waals surface area contributed by atoms with Crippen LogP contribution in [0, 0.1) is 0 Å². The van der Waals surface area contributed by atoms with Crippen molar-refractivity contribution in [2.45, 2.75) is 57.9 Å². The van der Waals surface area contributed by atoms with Crippen LogP contribution >= 0.6 is 0 Å². The Kier molecular flexibility index (Phi) is 4.29. The van der Waals surface area contributed by atoms with Crippen LogP contribution in [0.1, 0.15) is 43.9 Å². The van der Waals surface area contributed by atoms with E-state index < -0.39 is 0 Å². The zero-order valence-corrected chi connectivity index (χ0v) is 14.9. The van der Waals surface area contributed by atoms with Crippen LogP contribution in [-0.2, 0) is 17.9 Å². The maximum Gasteiger partial charge on any atom is 0.224 e. The summed E-state index contributed by atoms with van der Waals surface area (Å²) in [4.78, 5) is 21.2. The molecule has 25 heavy (non-hydrogen) atoms. The smallest absolute Gasteiger partial charge is 0.224 e. The number of hydrogen-bond donors (Lipinski definition) is 0. The molecular formula is C19H25N5O. The van der Waals surface area contributed by atoms with Gasteiger partial charge < -0.3 is 4.90 Å². The van der Waals surface area contributed by atoms with Gasteiger partial charge in [-0.15, -0.1) is 0 Å². The lowest BCUT2D eigenvalue weighted by molar-refractivity contribution is -0.129. The molecule has 2 atom stereocenters. The lowest BCUT2D eigenvalue weighted by Crippen LogP contribution is -2.36. The van der Waals surface area contributed by atoms with Gasteiger partial charge in [-0.2, -0.15) is 5.10 Å². The summed E-state index contributed by atoms with van der Waals surface area (Å²) in [5.41, 5.74) is 2.33. The highest BCUT2D eigenvalue weighted by Gasteiger charge is 2.46. The minimum absolute atomic E-state index is 0.265. The third kappa shape index (κ3) is 3.18. The van der Waals surface area contributed by atoms with Crippen molar-refractivity contribution in [2.75, 3.05) is 6.54 Å². The SMILES string of the molecule is CC(C)n1cc(CN2CC[C@H]3[C@@H]2CC(=O)N3Cc2cccnc2)cn1. The molecule has 132 valence electrons. The van der Waals surface area contributed by atoms with Gasteiger partial charge >= 0.3 is 0 Å². The monoisotopic (exact) mass is 339 g/mol. The second-order valence-corrected chi connectivity index (χ2v) is 7.40. The summed E-state index contributed by atoms with van der Waals surface area (Å²) in [7, 11) is 0. The number of hydrogen-bond acceptors (Lipinski definition) is 4. The molecule has 4 rings (SSSR count). The van der Waals surface area contributed by atoms with Crippen LogP contribution in [0.2, 0.25) is 0 Å². The Morgan fingerprint density at radius 1 is 1.20 bits per heavy atom. The number of aromatic nitrogens is 3. The van der Waals surface area contributed by atoms with Crippen LogP contribution in [0.25, 0.3) is 0 Å². The van der Waals surface area contributed by atoms with Gasteiger partial charge in [-0.1, -0.05) is 6.07 Å². The van der Waals surface area contributed by atoms with E-state index in [2.05, 4.69) is 39.9 Å². The summed E-state index contributed by atoms with van der Waals surface area (Å²) in [5.74, 6) is 0.265. The van der Waals surface area contributed by atoms with Crippen molar-refractivity contribution in [3.05, 3.63) is 48.0 Å². The maximum absolute atomic E-state index is 12.5. The van der Waals surface area contributed by atoms with Crippen molar-refractivity contribution >= 4 is 5.91 Å². The van der Waals surface area contributed by atoms with Crippen molar-refractivity contribution < 1.29 is 4.79 Å². The molecule has 6 heteroatoms. The number of fused-ring (bicyclic) bond motifs is 1. The molecule has 0 bridgehead atoms. The molecule has 2 aliphatic rings. The van der Waals surface area contributed by atoms with E-state index in [0.717, 1.165) is 25.1 Å². The van der Waals surface area contributed by atoms with Crippen LogP contribution < -0.4 is 0 Å². The van der Waals surface area contributed by atoms with Crippen LogP contribution in [0.15, 0.2) is 36.9 Å². The van der Waals surface area contributed by atoms with Crippen molar-refractivity contribution in [2.24, 2.45) is 0 Å². The van der Waals surface area contributed by atoms with Gasteiger partial charge in [0.15, 0.2) is 0 Å². The van der Waals surface area contributed by atoms with Gasteiger partial charge in [-0.3, -0.25) is 19.4 Å². The topological polar surface area (TPSA) is 54.3 Å². The zero-order chi connectivity index (χ0) is 17.4. The van der Waals surface area contributed by atoms with Gasteiger partial charge in [0.1, 0.15) is 0 Å². The Hall–Kier alpha value is -2.21. The van der Waals surface area contributed by atoms with E-state index in [1.807, 2.05) is 29.2 Å². The molecule has 2 aliphatic heterocycles. The number of rotatable bonds is 5. The predicted molar refractivity (Wildman–Crippen MR) is 94.6 cm³/mol. The van der Waals surface area contributed by atoms with Crippen molar-refractivity contribution in [1.29, 1.82) is 0 Å². The van der Waals surface area contributed by atoms with E-state index in [4.69, 9.17) is 0 Å². The summed E-state index contributed by atoms with van der Waals surface area (Å²) in [6, 6.07) is 5.00. The highest BCUT2D eigenvalue weighted by molar-refractivity contribution is 5.80. The van der Waals surface area contributed by atoms with Crippen molar-refractivity contribution in [3.8, 4) is 0 Å². The molecule has 0 spiro atoms. The van der Waals surface area contributed by atoms with Gasteiger partial charge in [0, 0.05) is 68.3 Å². The first-order valence-corrected chi connectivity index (χ1v) is 9.07. The fourth-order valence-corrected chi connectivity index (χ4v) is 4.08. The van der Waals surface area contributed by atoms with E-state index in [0.29, 0.717) is 31.1 Å². The Bertz CT molecular complexity index is 741. The van der Waals surface area contributed by atoms with Crippen LogP contribution in [0.3, 0.4) is 0 Å². The normalized spacial score (nSPS) is 23.6. The number of amides is 1. The summed E-state index contributed by atoms with van der Waals surface area (Å²) in [5, 5.41) is 4.43. The van der Waals surface area contributed by atoms with Crippen LogP contribution in [0.5, 0.6) is 0 Å². The molecule has 0 unspecified atom stereocenters. The average molecular weight is 339 g/mol. The lowest BCUT2D eigenvalue weighted by atomic mass is 10.1. The highest BCUT2D eigenvalue weighted by atomic mass is 16.2. The molecule has 0 aromatic carbocycles. The number of likely N-dealkylation sites (tertiary alicyclic amines) is 2. The fraction of sp³-hybridized carbons (Fsp3) is 0.526. The van der Waals surface area contributed by atoms with E-state index in [-0.39, 0.29) is 5.91 Å². The third-order valence-electron chi connectivity index (χ3n) is 5.38. The van der Waals surface area contributed by atoms with E-state index in [9.17, 15) is 4.79 Å². The van der Waals surface area contributed by atoms with Gasteiger partial charge in [-0.25, -0.2) is 0 Å². The minimum Gasteiger partial charge on any atom is -0.334 e. The lowest BCUT2D eigenvalue weighted by Gasteiger charge is -2.25. The first-order chi connectivity index (χ1) is 12.1. The Morgan fingerprint density at radius 3 is 2.80 bits per heavy atom. The largest absolute Gasteiger partial charge is 0.334 e. The molecule has 2 fully saturated rings. The van der Waals surface area contributed by atoms with Crippen LogP contribution in [-0.4, -0.2) is 49.1 Å². The number of pyridine rings is 1. The third-order valence-corrected chi connectivity index (χ3v) is 5.38. The number of carbonyl (C=O) groups is 1. The average Bonchev–Trinajstić information content (AvgIpc) is 3.28. The van der Waals surface area contributed by atoms with E-state index in [1.54, 1.807) is 6.20 Å². The molecule has 0 N–H and O–H groups in total. The van der Waals surface area contributed by atoms with Gasteiger partial charge in [0.2, 0.25) is 5.91 Å². The second kappa shape index (κ2) is 6.59. The van der Waals surface area contributed by atoms with E-state index in [1.165, 1.54) is 5.56 Å². The molecule has 0 radical (unpaired) electrons. The summed E-state index contributed by atoms with van der Waals surface area (Å²) in [6.45, 7) is 6.86. The van der Waals surface area contributed by atoms with E-state index >= 15 is 0 Å².